The van der Waals surface area contributed by atoms with Gasteiger partial charge in [-0.2, -0.15) is 0 Å². The van der Waals surface area contributed by atoms with Crippen LogP contribution in [0.5, 0.6) is 0 Å². The normalized spacial score (nSPS) is 19.2. The van der Waals surface area contributed by atoms with E-state index < -0.39 is 0 Å². The maximum Gasteiger partial charge on any atom is 0.00805 e. The van der Waals surface area contributed by atoms with Gasteiger partial charge in [0.2, 0.25) is 0 Å². The lowest BCUT2D eigenvalue weighted by atomic mass is 9.88. The van der Waals surface area contributed by atoms with E-state index in [0.29, 0.717) is 0 Å². The Balaban J connectivity index is 1.67. The van der Waals surface area contributed by atoms with Crippen molar-refractivity contribution in [2.75, 3.05) is 26.2 Å². The first kappa shape index (κ1) is 13.1. The summed E-state index contributed by atoms with van der Waals surface area (Å²) in [5, 5.41) is 9.27. The van der Waals surface area contributed by atoms with Gasteiger partial charge in [0.1, 0.15) is 0 Å². The number of fused-ring (bicyclic) bond motifs is 1. The fourth-order valence-corrected chi connectivity index (χ4v) is 3.56. The monoisotopic (exact) mass is 252 g/mol. The highest BCUT2D eigenvalue weighted by molar-refractivity contribution is 7.10. The van der Waals surface area contributed by atoms with Crippen molar-refractivity contribution in [3.05, 3.63) is 21.9 Å². The summed E-state index contributed by atoms with van der Waals surface area (Å²) >= 11 is 1.94. The van der Waals surface area contributed by atoms with E-state index in [1.165, 1.54) is 25.7 Å². The Morgan fingerprint density at radius 3 is 3.06 bits per heavy atom. The van der Waals surface area contributed by atoms with E-state index in [0.717, 1.165) is 32.1 Å². The molecule has 0 amide bonds. The Morgan fingerprint density at radius 2 is 2.18 bits per heavy atom. The lowest BCUT2D eigenvalue weighted by Gasteiger charge is -2.23. The zero-order chi connectivity index (χ0) is 11.9. The molecule has 1 aromatic heterocycles. The van der Waals surface area contributed by atoms with Crippen molar-refractivity contribution in [1.29, 1.82) is 0 Å². The number of hydrogen-bond donors (Lipinski definition) is 2. The second-order valence-corrected chi connectivity index (χ2v) is 5.84. The summed E-state index contributed by atoms with van der Waals surface area (Å²) in [7, 11) is 0. The van der Waals surface area contributed by atoms with Gasteiger partial charge in [-0.3, -0.25) is 0 Å². The highest BCUT2D eigenvalue weighted by atomic mass is 32.1. The van der Waals surface area contributed by atoms with Gasteiger partial charge in [-0.15, -0.1) is 11.3 Å². The van der Waals surface area contributed by atoms with Gasteiger partial charge in [0.25, 0.3) is 0 Å². The molecule has 1 aromatic rings. The first-order chi connectivity index (χ1) is 8.42. The average molecular weight is 252 g/mol. The van der Waals surface area contributed by atoms with Crippen molar-refractivity contribution in [3.63, 3.8) is 0 Å². The molecule has 17 heavy (non-hydrogen) atoms. The molecule has 0 saturated carbocycles. The van der Waals surface area contributed by atoms with E-state index in [-0.39, 0.29) is 0 Å². The molecule has 0 bridgehead atoms. The van der Waals surface area contributed by atoms with Crippen molar-refractivity contribution in [3.8, 4) is 0 Å². The van der Waals surface area contributed by atoms with Crippen molar-refractivity contribution < 1.29 is 0 Å². The quantitative estimate of drug-likeness (QED) is 0.729. The van der Waals surface area contributed by atoms with Crippen LogP contribution in [0.25, 0.3) is 0 Å². The summed E-state index contributed by atoms with van der Waals surface area (Å²) in [5.41, 5.74) is 1.62. The Labute approximate surface area is 109 Å². The Hall–Kier alpha value is -0.380. The van der Waals surface area contributed by atoms with Crippen LogP contribution in [-0.4, -0.2) is 26.2 Å². The van der Waals surface area contributed by atoms with E-state index in [4.69, 9.17) is 0 Å². The van der Waals surface area contributed by atoms with Crippen LogP contribution >= 0.6 is 11.3 Å². The van der Waals surface area contributed by atoms with Crippen LogP contribution in [-0.2, 0) is 6.42 Å². The van der Waals surface area contributed by atoms with E-state index in [1.54, 1.807) is 10.4 Å². The van der Waals surface area contributed by atoms with Crippen LogP contribution in [0.1, 0.15) is 42.5 Å². The molecule has 1 atom stereocenters. The molecule has 2 nitrogen and oxygen atoms in total. The average Bonchev–Trinajstić information content (AvgIpc) is 2.82. The molecule has 0 aromatic carbocycles. The summed E-state index contributed by atoms with van der Waals surface area (Å²) in [4.78, 5) is 1.63. The third kappa shape index (κ3) is 3.80. The van der Waals surface area contributed by atoms with Crippen molar-refractivity contribution >= 4 is 11.3 Å². The molecule has 0 aliphatic heterocycles. The first-order valence-electron chi connectivity index (χ1n) is 6.89. The van der Waals surface area contributed by atoms with E-state index in [9.17, 15) is 0 Å². The lowest BCUT2D eigenvalue weighted by molar-refractivity contribution is 0.504. The molecule has 2 N–H and O–H groups in total. The Kier molecular flexibility index (Phi) is 5.49. The summed E-state index contributed by atoms with van der Waals surface area (Å²) < 4.78 is 0. The number of aryl methyl sites for hydroxylation is 1. The molecule has 0 radical (unpaired) electrons. The van der Waals surface area contributed by atoms with Gasteiger partial charge < -0.3 is 10.6 Å². The molecular weight excluding hydrogens is 228 g/mol. The smallest absolute Gasteiger partial charge is 0.00805 e. The third-order valence-electron chi connectivity index (χ3n) is 3.47. The molecule has 0 fully saturated rings. The van der Waals surface area contributed by atoms with Crippen molar-refractivity contribution in [2.24, 2.45) is 0 Å². The van der Waals surface area contributed by atoms with Gasteiger partial charge in [0.05, 0.1) is 0 Å². The molecular formula is C14H24N2S. The number of rotatable bonds is 7. The maximum atomic E-state index is 3.59. The van der Waals surface area contributed by atoms with Crippen LogP contribution in [0.4, 0.5) is 0 Å². The minimum Gasteiger partial charge on any atom is -0.315 e. The van der Waals surface area contributed by atoms with Crippen molar-refractivity contribution in [2.45, 2.75) is 38.5 Å². The molecule has 1 heterocycles. The Bertz CT molecular complexity index is 322. The van der Waals surface area contributed by atoms with E-state index in [1.807, 2.05) is 11.3 Å². The topological polar surface area (TPSA) is 24.1 Å². The molecule has 1 unspecified atom stereocenters. The maximum absolute atomic E-state index is 3.59. The van der Waals surface area contributed by atoms with Gasteiger partial charge in [-0.25, -0.2) is 0 Å². The summed E-state index contributed by atoms with van der Waals surface area (Å²) in [6.07, 6.45) is 5.26. The van der Waals surface area contributed by atoms with Gasteiger partial charge in [-0.05, 0) is 55.2 Å². The van der Waals surface area contributed by atoms with Crippen LogP contribution in [0.3, 0.4) is 0 Å². The van der Waals surface area contributed by atoms with Crippen LogP contribution in [0.15, 0.2) is 11.4 Å². The summed E-state index contributed by atoms with van der Waals surface area (Å²) in [5.74, 6) is 0.760. The molecule has 0 saturated heterocycles. The third-order valence-corrected chi connectivity index (χ3v) is 4.47. The number of thiophene rings is 1. The van der Waals surface area contributed by atoms with E-state index in [2.05, 4.69) is 29.0 Å². The zero-order valence-electron chi connectivity index (χ0n) is 10.8. The molecule has 0 spiro atoms. The van der Waals surface area contributed by atoms with Crippen LogP contribution in [0.2, 0.25) is 0 Å². The highest BCUT2D eigenvalue weighted by Gasteiger charge is 2.20. The minimum absolute atomic E-state index is 0.760. The molecule has 2 rings (SSSR count). The van der Waals surface area contributed by atoms with Gasteiger partial charge in [0.15, 0.2) is 0 Å². The Morgan fingerprint density at radius 1 is 1.29 bits per heavy atom. The summed E-state index contributed by atoms with van der Waals surface area (Å²) in [6, 6.07) is 2.33. The standard InChI is InChI=1S/C14H24N2S/c1-2-7-15-8-9-16-11-12-4-3-5-14-13(12)6-10-17-14/h6,10,12,15-16H,2-5,7-9,11H2,1H3. The van der Waals surface area contributed by atoms with Gasteiger partial charge in [-0.1, -0.05) is 6.92 Å². The largest absolute Gasteiger partial charge is 0.315 e. The fourth-order valence-electron chi connectivity index (χ4n) is 2.55. The summed E-state index contributed by atoms with van der Waals surface area (Å²) in [6.45, 7) is 6.69. The second-order valence-electron chi connectivity index (χ2n) is 4.84. The minimum atomic E-state index is 0.760. The van der Waals surface area contributed by atoms with Crippen molar-refractivity contribution in [1.82, 2.24) is 10.6 Å². The molecule has 96 valence electrons. The zero-order valence-corrected chi connectivity index (χ0v) is 11.6. The fraction of sp³-hybridized carbons (Fsp3) is 0.714. The highest BCUT2D eigenvalue weighted by Crippen LogP contribution is 2.34. The van der Waals surface area contributed by atoms with E-state index >= 15 is 0 Å². The van der Waals surface area contributed by atoms with Crippen LogP contribution < -0.4 is 10.6 Å². The predicted octanol–water partition coefficient (Wildman–Crippen LogP) is 2.76. The molecule has 1 aliphatic rings. The SMILES string of the molecule is CCCNCCNCC1CCCc2sccc21. The van der Waals surface area contributed by atoms with Gasteiger partial charge in [0, 0.05) is 24.5 Å². The second kappa shape index (κ2) is 7.14. The number of nitrogens with one attached hydrogen (secondary N) is 2. The number of hydrogen-bond acceptors (Lipinski definition) is 3. The van der Waals surface area contributed by atoms with Crippen LogP contribution in [0, 0.1) is 0 Å². The molecule has 1 aliphatic carbocycles. The molecule has 3 heteroatoms. The van der Waals surface area contributed by atoms with Gasteiger partial charge >= 0.3 is 0 Å². The predicted molar refractivity (Wildman–Crippen MR) is 76.0 cm³/mol. The lowest BCUT2D eigenvalue weighted by Crippen LogP contribution is -2.31. The first-order valence-corrected chi connectivity index (χ1v) is 7.77.